The largest absolute Gasteiger partial charge is 0.489 e. The van der Waals surface area contributed by atoms with Crippen LogP contribution in [0.5, 0.6) is 5.75 Å². The number of nitrogens with zero attached hydrogens (tertiary/aromatic N) is 2. The molecule has 3 N–H and O–H groups in total. The molecule has 0 aliphatic heterocycles. The summed E-state index contributed by atoms with van der Waals surface area (Å²) in [5.74, 6) is 1.35. The van der Waals surface area contributed by atoms with Gasteiger partial charge < -0.3 is 14.6 Å². The van der Waals surface area contributed by atoms with Crippen LogP contribution in [0.15, 0.2) is 29.3 Å². The fraction of sp³-hybridized carbons (Fsp3) is 0.263. The second kappa shape index (κ2) is 9.18. The molecule has 0 spiro atoms. The second-order valence-corrected chi connectivity index (χ2v) is 7.20. The first kappa shape index (κ1) is 21.2. The van der Waals surface area contributed by atoms with Gasteiger partial charge in [-0.05, 0) is 18.2 Å². The Morgan fingerprint density at radius 2 is 2.25 bits per heavy atom. The van der Waals surface area contributed by atoms with E-state index in [1.54, 1.807) is 13.1 Å². The molecule has 1 aromatic carbocycles. The summed E-state index contributed by atoms with van der Waals surface area (Å²) in [6.07, 6.45) is 7.20. The van der Waals surface area contributed by atoms with Crippen LogP contribution < -0.4 is 15.2 Å². The van der Waals surface area contributed by atoms with Gasteiger partial charge in [0.25, 0.3) is 5.91 Å². The number of benzene rings is 1. The summed E-state index contributed by atoms with van der Waals surface area (Å²) < 4.78 is 32.5. The number of aryl methyl sites for hydroxylation is 1. The topological polar surface area (TPSA) is 110 Å². The number of carbonyl (C=O) groups excluding carboxylic acids is 1. The number of anilines is 1. The lowest BCUT2D eigenvalue weighted by molar-refractivity contribution is 0.101. The van der Waals surface area contributed by atoms with E-state index in [-0.39, 0.29) is 40.1 Å². The maximum Gasteiger partial charge on any atom is 0.276 e. The van der Waals surface area contributed by atoms with E-state index in [9.17, 15) is 13.4 Å². The van der Waals surface area contributed by atoms with Crippen molar-refractivity contribution in [2.24, 2.45) is 18.1 Å². The molecule has 2 unspecified atom stereocenters. The predicted molar refractivity (Wildman–Crippen MR) is 103 cm³/mol. The molecular formula is C19H19FN4O3S. The summed E-state index contributed by atoms with van der Waals surface area (Å²) in [4.78, 5) is 13.0. The number of halogens is 1. The summed E-state index contributed by atoms with van der Waals surface area (Å²) in [7, 11) is -0.301. The van der Waals surface area contributed by atoms with E-state index in [1.165, 1.54) is 22.9 Å². The monoisotopic (exact) mass is 402 g/mol. The molecule has 0 radical (unpaired) electrons. The number of nitriles is 1. The van der Waals surface area contributed by atoms with E-state index in [4.69, 9.17) is 21.6 Å². The summed E-state index contributed by atoms with van der Waals surface area (Å²) in [5, 5.41) is 17.0. The van der Waals surface area contributed by atoms with Crippen molar-refractivity contribution in [2.45, 2.75) is 18.2 Å². The van der Waals surface area contributed by atoms with Crippen LogP contribution in [0.25, 0.3) is 0 Å². The smallest absolute Gasteiger partial charge is 0.276 e. The normalized spacial score (nSPS) is 12.5. The number of nitrogens with one attached hydrogen (secondary N) is 1. The number of rotatable bonds is 7. The average molecular weight is 402 g/mol. The third-order valence-corrected chi connectivity index (χ3v) is 4.58. The van der Waals surface area contributed by atoms with Crippen molar-refractivity contribution in [1.29, 1.82) is 5.26 Å². The molecule has 9 heteroatoms. The van der Waals surface area contributed by atoms with E-state index >= 15 is 0 Å². The Hall–Kier alpha value is -3.14. The van der Waals surface area contributed by atoms with Crippen molar-refractivity contribution in [3.63, 3.8) is 0 Å². The SMILES string of the molecule is C#CCC(C)COc1c(S(N)=O)cn(C)c1C(=O)Nc1ccc(F)c(C#N)c1. The van der Waals surface area contributed by atoms with Crippen molar-refractivity contribution < 1.29 is 18.1 Å². The second-order valence-electron chi connectivity index (χ2n) is 6.16. The molecule has 0 fully saturated rings. The zero-order valence-electron chi connectivity index (χ0n) is 15.4. The number of aromatic nitrogens is 1. The van der Waals surface area contributed by atoms with Gasteiger partial charge in [0.15, 0.2) is 11.4 Å². The van der Waals surface area contributed by atoms with Crippen molar-refractivity contribution in [3.05, 3.63) is 41.5 Å². The molecule has 1 aromatic heterocycles. The van der Waals surface area contributed by atoms with Crippen molar-refractivity contribution >= 4 is 22.6 Å². The summed E-state index contributed by atoms with van der Waals surface area (Å²) in [6.45, 7) is 2.08. The molecule has 2 atom stereocenters. The van der Waals surface area contributed by atoms with E-state index in [1.807, 2.05) is 6.92 Å². The lowest BCUT2D eigenvalue weighted by atomic mass is 10.1. The molecule has 0 saturated heterocycles. The van der Waals surface area contributed by atoms with Gasteiger partial charge in [-0.3, -0.25) is 4.79 Å². The zero-order valence-corrected chi connectivity index (χ0v) is 16.2. The number of amides is 1. The van der Waals surface area contributed by atoms with Gasteiger partial charge in [-0.15, -0.1) is 12.3 Å². The molecular weight excluding hydrogens is 383 g/mol. The van der Waals surface area contributed by atoms with Crippen LogP contribution in [0.2, 0.25) is 0 Å². The van der Waals surface area contributed by atoms with E-state index in [0.717, 1.165) is 6.07 Å². The highest BCUT2D eigenvalue weighted by Gasteiger charge is 2.25. The predicted octanol–water partition coefficient (Wildman–Crippen LogP) is 2.31. The molecule has 0 saturated carbocycles. The highest BCUT2D eigenvalue weighted by Crippen LogP contribution is 2.29. The molecule has 146 valence electrons. The average Bonchev–Trinajstić information content (AvgIpc) is 2.98. The van der Waals surface area contributed by atoms with Crippen molar-refractivity contribution in [1.82, 2.24) is 4.57 Å². The van der Waals surface area contributed by atoms with Crippen molar-refractivity contribution in [2.75, 3.05) is 11.9 Å². The van der Waals surface area contributed by atoms with Gasteiger partial charge in [-0.2, -0.15) is 5.26 Å². The lowest BCUT2D eigenvalue weighted by Gasteiger charge is -2.13. The number of terminal acetylenes is 1. The Morgan fingerprint density at radius 3 is 2.86 bits per heavy atom. The van der Waals surface area contributed by atoms with E-state index in [2.05, 4.69) is 11.2 Å². The van der Waals surface area contributed by atoms with Crippen LogP contribution in [0.3, 0.4) is 0 Å². The minimum atomic E-state index is -1.88. The quantitative estimate of drug-likeness (QED) is 0.693. The van der Waals surface area contributed by atoms with Gasteiger partial charge in [-0.1, -0.05) is 6.92 Å². The van der Waals surface area contributed by atoms with Gasteiger partial charge in [-0.25, -0.2) is 13.7 Å². The van der Waals surface area contributed by atoms with Crippen LogP contribution in [0.1, 0.15) is 29.4 Å². The number of hydrogen-bond donors (Lipinski definition) is 2. The highest BCUT2D eigenvalue weighted by atomic mass is 32.2. The number of hydrogen-bond acceptors (Lipinski definition) is 4. The van der Waals surface area contributed by atoms with E-state index < -0.39 is 22.7 Å². The highest BCUT2D eigenvalue weighted by molar-refractivity contribution is 7.82. The molecule has 28 heavy (non-hydrogen) atoms. The fourth-order valence-corrected chi connectivity index (χ4v) is 3.09. The Bertz CT molecular complexity index is 1000. The van der Waals surface area contributed by atoms with Crippen LogP contribution >= 0.6 is 0 Å². The third-order valence-electron chi connectivity index (χ3n) is 3.86. The molecule has 0 aliphatic carbocycles. The summed E-state index contributed by atoms with van der Waals surface area (Å²) >= 11 is 0. The Labute approximate surface area is 164 Å². The maximum absolute atomic E-state index is 13.5. The molecule has 0 aliphatic rings. The van der Waals surface area contributed by atoms with Crippen LogP contribution in [0.4, 0.5) is 10.1 Å². The Morgan fingerprint density at radius 1 is 1.54 bits per heavy atom. The van der Waals surface area contributed by atoms with Crippen LogP contribution in [0, 0.1) is 35.4 Å². The first-order chi connectivity index (χ1) is 13.3. The number of nitrogens with two attached hydrogens (primary N) is 1. The third kappa shape index (κ3) is 4.77. The maximum atomic E-state index is 13.5. The molecule has 2 aromatic rings. The van der Waals surface area contributed by atoms with Gasteiger partial charge in [0.05, 0.1) is 12.2 Å². The van der Waals surface area contributed by atoms with Gasteiger partial charge >= 0.3 is 0 Å². The molecule has 1 amide bonds. The minimum Gasteiger partial charge on any atom is -0.489 e. The van der Waals surface area contributed by atoms with Crippen LogP contribution in [-0.2, 0) is 18.0 Å². The standard InChI is InChI=1S/C19H19FN4O3S/c1-4-5-12(2)11-27-18-16(28(22)26)10-24(3)17(18)19(25)23-14-6-7-15(20)13(8-14)9-21/h1,6-8,10,12H,5,11,22H2,2-3H3,(H,23,25). The van der Waals surface area contributed by atoms with Gasteiger partial charge in [0.2, 0.25) is 0 Å². The number of ether oxygens (including phenoxy) is 1. The first-order valence-electron chi connectivity index (χ1n) is 8.21. The Kier molecular flexibility index (Phi) is 6.94. The summed E-state index contributed by atoms with van der Waals surface area (Å²) in [6, 6.07) is 5.33. The van der Waals surface area contributed by atoms with Gasteiger partial charge in [0.1, 0.15) is 27.8 Å². The summed E-state index contributed by atoms with van der Waals surface area (Å²) in [5.41, 5.74) is 0.115. The minimum absolute atomic E-state index is 0.00969. The van der Waals surface area contributed by atoms with E-state index in [0.29, 0.717) is 6.42 Å². The zero-order chi connectivity index (χ0) is 20.8. The molecule has 2 rings (SSSR count). The Balaban J connectivity index is 2.35. The fourth-order valence-electron chi connectivity index (χ4n) is 2.49. The van der Waals surface area contributed by atoms with Gasteiger partial charge in [0, 0.05) is 31.3 Å². The number of carbonyl (C=O) groups is 1. The lowest BCUT2D eigenvalue weighted by Crippen LogP contribution is -2.18. The van der Waals surface area contributed by atoms with Crippen LogP contribution in [-0.4, -0.2) is 21.3 Å². The molecule has 0 bridgehead atoms. The molecule has 7 nitrogen and oxygen atoms in total. The molecule has 1 heterocycles. The van der Waals surface area contributed by atoms with Crippen molar-refractivity contribution in [3.8, 4) is 24.2 Å². The first-order valence-corrected chi connectivity index (χ1v) is 9.42.